The summed E-state index contributed by atoms with van der Waals surface area (Å²) in [4.78, 5) is 8.70. The van der Waals surface area contributed by atoms with Gasteiger partial charge in [0.1, 0.15) is 22.6 Å². The number of rotatable bonds is 8. The second kappa shape index (κ2) is 9.16. The molecule has 0 saturated carbocycles. The predicted octanol–water partition coefficient (Wildman–Crippen LogP) is 4.15. The standard InChI is InChI=1S/C22H23FN5O3P/c1-3-30-32(29,31-4-2)19-13-25-22(26-21(19)24)20-16-10-6-8-12-18(16)28(27-20)14-15-9-5-7-11-17(15)23/h5-13H,3-4,14H2,1-2H3,(H2,24,25,26). The molecule has 10 heteroatoms. The summed E-state index contributed by atoms with van der Waals surface area (Å²) < 4.78 is 39.7. The quantitative estimate of drug-likeness (QED) is 0.398. The largest absolute Gasteiger partial charge is 0.383 e. The molecule has 0 aliphatic rings. The summed E-state index contributed by atoms with van der Waals surface area (Å²) in [5.74, 6) is -0.0525. The van der Waals surface area contributed by atoms with Crippen LogP contribution in [0.5, 0.6) is 0 Å². The van der Waals surface area contributed by atoms with Crippen molar-refractivity contribution in [3.63, 3.8) is 0 Å². The number of hydrogen-bond acceptors (Lipinski definition) is 7. The third-order valence-electron chi connectivity index (χ3n) is 4.84. The molecule has 4 rings (SSSR count). The predicted molar refractivity (Wildman–Crippen MR) is 121 cm³/mol. The minimum absolute atomic E-state index is 0.00651. The van der Waals surface area contributed by atoms with E-state index in [0.717, 1.165) is 10.9 Å². The summed E-state index contributed by atoms with van der Waals surface area (Å²) in [7, 11) is -3.63. The van der Waals surface area contributed by atoms with Gasteiger partial charge in [0.25, 0.3) is 0 Å². The SMILES string of the molecule is CCOP(=O)(OCC)c1cnc(-c2nn(Cc3ccccc3F)c3ccccc23)nc1N. The normalized spacial score (nSPS) is 11.8. The Labute approximate surface area is 184 Å². The first kappa shape index (κ1) is 22.1. The Morgan fingerprint density at radius 2 is 1.75 bits per heavy atom. The lowest BCUT2D eigenvalue weighted by Crippen LogP contribution is -2.18. The number of aromatic nitrogens is 4. The number of nitrogen functional groups attached to an aromatic ring is 1. The van der Waals surface area contributed by atoms with Gasteiger partial charge in [0, 0.05) is 17.1 Å². The highest BCUT2D eigenvalue weighted by Gasteiger charge is 2.31. The third kappa shape index (κ3) is 4.14. The van der Waals surface area contributed by atoms with Crippen LogP contribution in [0.25, 0.3) is 22.4 Å². The smallest absolute Gasteiger partial charge is 0.366 e. The van der Waals surface area contributed by atoms with Crippen LogP contribution in [0.2, 0.25) is 0 Å². The Balaban J connectivity index is 1.78. The molecule has 2 N–H and O–H groups in total. The molecule has 2 heterocycles. The zero-order valence-corrected chi connectivity index (χ0v) is 18.6. The van der Waals surface area contributed by atoms with Gasteiger partial charge in [-0.2, -0.15) is 5.10 Å². The average molecular weight is 455 g/mol. The van der Waals surface area contributed by atoms with Crippen LogP contribution in [0.4, 0.5) is 10.2 Å². The monoisotopic (exact) mass is 455 g/mol. The van der Waals surface area contributed by atoms with E-state index in [9.17, 15) is 8.96 Å². The Morgan fingerprint density at radius 3 is 2.44 bits per heavy atom. The molecular formula is C22H23FN5O3P. The van der Waals surface area contributed by atoms with E-state index in [1.54, 1.807) is 36.7 Å². The van der Waals surface area contributed by atoms with Gasteiger partial charge in [-0.3, -0.25) is 9.25 Å². The number of hydrogen-bond donors (Lipinski definition) is 1. The maximum atomic E-state index is 14.2. The van der Waals surface area contributed by atoms with E-state index in [-0.39, 0.29) is 42.5 Å². The van der Waals surface area contributed by atoms with Gasteiger partial charge in [0.05, 0.1) is 25.3 Å². The van der Waals surface area contributed by atoms with Crippen LogP contribution in [-0.4, -0.2) is 33.0 Å². The Morgan fingerprint density at radius 1 is 1.06 bits per heavy atom. The maximum Gasteiger partial charge on any atom is 0.366 e. The van der Waals surface area contributed by atoms with E-state index in [4.69, 9.17) is 14.8 Å². The van der Waals surface area contributed by atoms with E-state index < -0.39 is 7.60 Å². The highest BCUT2D eigenvalue weighted by atomic mass is 31.2. The number of benzene rings is 2. The second-order valence-corrected chi connectivity index (χ2v) is 8.91. The molecule has 2 aromatic heterocycles. The van der Waals surface area contributed by atoms with E-state index in [1.807, 2.05) is 24.3 Å². The molecular weight excluding hydrogens is 432 g/mol. The molecule has 0 atom stereocenters. The minimum atomic E-state index is -3.63. The average Bonchev–Trinajstić information content (AvgIpc) is 3.14. The van der Waals surface area contributed by atoms with Gasteiger partial charge >= 0.3 is 7.60 Å². The first-order valence-corrected chi connectivity index (χ1v) is 11.7. The summed E-state index contributed by atoms with van der Waals surface area (Å²) >= 11 is 0. The molecule has 0 radical (unpaired) electrons. The topological polar surface area (TPSA) is 105 Å². The molecule has 0 spiro atoms. The molecule has 0 aliphatic heterocycles. The first-order chi connectivity index (χ1) is 15.5. The van der Waals surface area contributed by atoms with Crippen LogP contribution in [0.15, 0.2) is 54.7 Å². The van der Waals surface area contributed by atoms with E-state index in [2.05, 4.69) is 15.1 Å². The van der Waals surface area contributed by atoms with E-state index in [1.165, 1.54) is 12.3 Å². The van der Waals surface area contributed by atoms with Crippen LogP contribution in [-0.2, 0) is 20.2 Å². The molecule has 0 amide bonds. The minimum Gasteiger partial charge on any atom is -0.383 e. The van der Waals surface area contributed by atoms with E-state index in [0.29, 0.717) is 11.3 Å². The summed E-state index contributed by atoms with van der Waals surface area (Å²) in [5.41, 5.74) is 7.93. The highest BCUT2D eigenvalue weighted by Crippen LogP contribution is 2.48. The molecule has 0 bridgehead atoms. The Bertz CT molecular complexity index is 1300. The second-order valence-electron chi connectivity index (χ2n) is 6.91. The van der Waals surface area contributed by atoms with Crippen molar-refractivity contribution >= 4 is 29.6 Å². The van der Waals surface area contributed by atoms with Crippen molar-refractivity contribution in [2.75, 3.05) is 18.9 Å². The van der Waals surface area contributed by atoms with Crippen molar-refractivity contribution in [2.45, 2.75) is 20.4 Å². The van der Waals surface area contributed by atoms with Crippen molar-refractivity contribution in [1.29, 1.82) is 0 Å². The fraction of sp³-hybridized carbons (Fsp3) is 0.227. The van der Waals surface area contributed by atoms with Gasteiger partial charge in [-0.05, 0) is 26.0 Å². The number of halogens is 1. The van der Waals surface area contributed by atoms with Crippen LogP contribution in [0.1, 0.15) is 19.4 Å². The summed E-state index contributed by atoms with van der Waals surface area (Å²) in [6, 6.07) is 14.1. The number of para-hydroxylation sites is 1. The third-order valence-corrected chi connectivity index (χ3v) is 6.97. The molecule has 8 nitrogen and oxygen atoms in total. The summed E-state index contributed by atoms with van der Waals surface area (Å²) in [5, 5.41) is 5.54. The van der Waals surface area contributed by atoms with Gasteiger partial charge in [-0.1, -0.05) is 36.4 Å². The van der Waals surface area contributed by atoms with Crippen molar-refractivity contribution in [3.05, 3.63) is 66.1 Å². The van der Waals surface area contributed by atoms with Crippen molar-refractivity contribution in [3.8, 4) is 11.5 Å². The van der Waals surface area contributed by atoms with Gasteiger partial charge in [0.15, 0.2) is 5.82 Å². The number of fused-ring (bicyclic) bond motifs is 1. The molecule has 166 valence electrons. The van der Waals surface area contributed by atoms with Crippen LogP contribution >= 0.6 is 7.60 Å². The molecule has 4 aromatic rings. The summed E-state index contributed by atoms with van der Waals surface area (Å²) in [6.45, 7) is 4.04. The fourth-order valence-corrected chi connectivity index (χ4v) is 4.99. The summed E-state index contributed by atoms with van der Waals surface area (Å²) in [6.07, 6.45) is 1.36. The highest BCUT2D eigenvalue weighted by molar-refractivity contribution is 7.62. The number of anilines is 1. The molecule has 32 heavy (non-hydrogen) atoms. The van der Waals surface area contributed by atoms with Crippen LogP contribution < -0.4 is 11.0 Å². The number of nitrogens with zero attached hydrogens (tertiary/aromatic N) is 4. The molecule has 0 fully saturated rings. The molecule has 0 aliphatic carbocycles. The fourth-order valence-electron chi connectivity index (χ4n) is 3.43. The molecule has 2 aromatic carbocycles. The number of nitrogens with two attached hydrogens (primary N) is 1. The lowest BCUT2D eigenvalue weighted by molar-refractivity contribution is 0.230. The van der Waals surface area contributed by atoms with Crippen molar-refractivity contribution < 1.29 is 18.0 Å². The Kier molecular flexibility index (Phi) is 6.32. The maximum absolute atomic E-state index is 14.2. The first-order valence-electron chi connectivity index (χ1n) is 10.2. The molecule has 0 unspecified atom stereocenters. The zero-order chi connectivity index (χ0) is 22.7. The van der Waals surface area contributed by atoms with Crippen molar-refractivity contribution in [1.82, 2.24) is 19.7 Å². The van der Waals surface area contributed by atoms with Gasteiger partial charge in [-0.15, -0.1) is 0 Å². The molecule has 0 saturated heterocycles. The van der Waals surface area contributed by atoms with Crippen LogP contribution in [0.3, 0.4) is 0 Å². The van der Waals surface area contributed by atoms with Gasteiger partial charge in [-0.25, -0.2) is 14.4 Å². The lowest BCUT2D eigenvalue weighted by Gasteiger charge is -2.17. The van der Waals surface area contributed by atoms with Crippen LogP contribution in [0, 0.1) is 5.82 Å². The van der Waals surface area contributed by atoms with E-state index >= 15 is 0 Å². The Hall–Kier alpha value is -3.13. The van der Waals surface area contributed by atoms with Gasteiger partial charge < -0.3 is 14.8 Å². The van der Waals surface area contributed by atoms with Gasteiger partial charge in [0.2, 0.25) is 0 Å². The zero-order valence-electron chi connectivity index (χ0n) is 17.7. The van der Waals surface area contributed by atoms with Crippen molar-refractivity contribution in [2.24, 2.45) is 0 Å². The lowest BCUT2D eigenvalue weighted by atomic mass is 10.2.